The SMILES string of the molecule is NC(CC(F)(F)F)c1ccc2ccccc2c1. The van der Waals surface area contributed by atoms with Crippen LogP contribution in [0.5, 0.6) is 0 Å². The van der Waals surface area contributed by atoms with Gasteiger partial charge in [0.15, 0.2) is 0 Å². The van der Waals surface area contributed by atoms with E-state index < -0.39 is 18.6 Å². The first-order valence-corrected chi connectivity index (χ1v) is 5.27. The fourth-order valence-corrected chi connectivity index (χ4v) is 1.81. The van der Waals surface area contributed by atoms with Crippen molar-refractivity contribution in [2.45, 2.75) is 18.6 Å². The Morgan fingerprint density at radius 2 is 1.65 bits per heavy atom. The van der Waals surface area contributed by atoms with Crippen LogP contribution in [0.3, 0.4) is 0 Å². The molecule has 0 aliphatic heterocycles. The van der Waals surface area contributed by atoms with Gasteiger partial charge in [0.1, 0.15) is 0 Å². The number of alkyl halides is 3. The van der Waals surface area contributed by atoms with E-state index in [4.69, 9.17) is 5.73 Å². The second-order valence-electron chi connectivity index (χ2n) is 4.03. The molecule has 0 spiro atoms. The van der Waals surface area contributed by atoms with Crippen LogP contribution in [0.2, 0.25) is 0 Å². The van der Waals surface area contributed by atoms with Crippen molar-refractivity contribution in [2.24, 2.45) is 5.73 Å². The molecule has 2 N–H and O–H groups in total. The highest BCUT2D eigenvalue weighted by atomic mass is 19.4. The quantitative estimate of drug-likeness (QED) is 0.847. The first-order chi connectivity index (χ1) is 7.96. The Morgan fingerprint density at radius 1 is 1.00 bits per heavy atom. The van der Waals surface area contributed by atoms with Gasteiger partial charge in [-0.15, -0.1) is 0 Å². The molecule has 2 rings (SSSR count). The van der Waals surface area contributed by atoms with Crippen molar-refractivity contribution in [3.05, 3.63) is 48.0 Å². The van der Waals surface area contributed by atoms with E-state index in [0.717, 1.165) is 10.8 Å². The summed E-state index contributed by atoms with van der Waals surface area (Å²) >= 11 is 0. The van der Waals surface area contributed by atoms with Gasteiger partial charge in [-0.2, -0.15) is 13.2 Å². The third-order valence-corrected chi connectivity index (χ3v) is 2.65. The molecular formula is C13H12F3N. The van der Waals surface area contributed by atoms with Gasteiger partial charge in [-0.3, -0.25) is 0 Å². The minimum atomic E-state index is -4.23. The molecule has 0 saturated carbocycles. The predicted octanol–water partition coefficient (Wildman–Crippen LogP) is 3.79. The molecule has 0 saturated heterocycles. The highest BCUT2D eigenvalue weighted by Gasteiger charge is 2.30. The van der Waals surface area contributed by atoms with Crippen LogP contribution in [0.25, 0.3) is 10.8 Å². The van der Waals surface area contributed by atoms with E-state index in [1.165, 1.54) is 0 Å². The fraction of sp³-hybridized carbons (Fsp3) is 0.231. The third kappa shape index (κ3) is 2.97. The Balaban J connectivity index is 2.30. The molecule has 0 radical (unpaired) electrons. The third-order valence-electron chi connectivity index (χ3n) is 2.65. The molecule has 0 aliphatic rings. The maximum atomic E-state index is 12.2. The summed E-state index contributed by atoms with van der Waals surface area (Å²) in [5.74, 6) is 0. The highest BCUT2D eigenvalue weighted by Crippen LogP contribution is 2.29. The molecule has 1 nitrogen and oxygen atoms in total. The maximum absolute atomic E-state index is 12.2. The van der Waals surface area contributed by atoms with E-state index in [1.807, 2.05) is 24.3 Å². The molecule has 17 heavy (non-hydrogen) atoms. The average Bonchev–Trinajstić information content (AvgIpc) is 2.26. The second-order valence-corrected chi connectivity index (χ2v) is 4.03. The largest absolute Gasteiger partial charge is 0.390 e. The molecule has 0 aliphatic carbocycles. The van der Waals surface area contributed by atoms with E-state index in [-0.39, 0.29) is 0 Å². The van der Waals surface area contributed by atoms with Crippen molar-refractivity contribution in [3.8, 4) is 0 Å². The number of nitrogens with two attached hydrogens (primary N) is 1. The van der Waals surface area contributed by atoms with Gasteiger partial charge in [0, 0.05) is 6.04 Å². The Hall–Kier alpha value is -1.55. The van der Waals surface area contributed by atoms with Crippen LogP contribution in [0, 0.1) is 0 Å². The smallest absolute Gasteiger partial charge is 0.324 e. The number of benzene rings is 2. The Bertz CT molecular complexity index is 519. The normalized spacial score (nSPS) is 13.9. The molecule has 2 aromatic carbocycles. The zero-order chi connectivity index (χ0) is 12.5. The molecule has 4 heteroatoms. The van der Waals surface area contributed by atoms with Crippen molar-refractivity contribution < 1.29 is 13.2 Å². The number of hydrogen-bond donors (Lipinski definition) is 1. The van der Waals surface area contributed by atoms with Crippen LogP contribution in [0.1, 0.15) is 18.0 Å². The van der Waals surface area contributed by atoms with Gasteiger partial charge in [-0.05, 0) is 22.4 Å². The predicted molar refractivity (Wildman–Crippen MR) is 61.5 cm³/mol. The fourth-order valence-electron chi connectivity index (χ4n) is 1.81. The molecule has 90 valence electrons. The standard InChI is InChI=1S/C13H12F3N/c14-13(15,16)8-12(17)11-6-5-9-3-1-2-4-10(9)7-11/h1-7,12H,8,17H2. The number of hydrogen-bond acceptors (Lipinski definition) is 1. The van der Waals surface area contributed by atoms with Gasteiger partial charge in [0.2, 0.25) is 0 Å². The van der Waals surface area contributed by atoms with Gasteiger partial charge < -0.3 is 5.73 Å². The molecule has 0 heterocycles. The van der Waals surface area contributed by atoms with Crippen molar-refractivity contribution in [1.82, 2.24) is 0 Å². The van der Waals surface area contributed by atoms with Crippen molar-refractivity contribution in [2.75, 3.05) is 0 Å². The number of halogens is 3. The summed E-state index contributed by atoms with van der Waals surface area (Å²) in [7, 11) is 0. The summed E-state index contributed by atoms with van der Waals surface area (Å²) < 4.78 is 36.7. The lowest BCUT2D eigenvalue weighted by atomic mass is 10.0. The van der Waals surface area contributed by atoms with Crippen molar-refractivity contribution in [3.63, 3.8) is 0 Å². The van der Waals surface area contributed by atoms with Crippen LogP contribution in [0.15, 0.2) is 42.5 Å². The van der Waals surface area contributed by atoms with Crippen molar-refractivity contribution >= 4 is 10.8 Å². The molecule has 0 amide bonds. The summed E-state index contributed by atoms with van der Waals surface area (Å²) in [5, 5.41) is 1.90. The Kier molecular flexibility index (Phi) is 3.07. The van der Waals surface area contributed by atoms with Gasteiger partial charge in [-0.25, -0.2) is 0 Å². The Morgan fingerprint density at radius 3 is 2.29 bits per heavy atom. The zero-order valence-electron chi connectivity index (χ0n) is 9.04. The van der Waals surface area contributed by atoms with Crippen LogP contribution in [0.4, 0.5) is 13.2 Å². The lowest BCUT2D eigenvalue weighted by Crippen LogP contribution is -2.20. The van der Waals surface area contributed by atoms with E-state index in [2.05, 4.69) is 0 Å². The monoisotopic (exact) mass is 239 g/mol. The van der Waals surface area contributed by atoms with Crippen LogP contribution < -0.4 is 5.73 Å². The average molecular weight is 239 g/mol. The summed E-state index contributed by atoms with van der Waals surface area (Å²) in [6.45, 7) is 0. The first kappa shape index (κ1) is 11.9. The molecule has 1 atom stereocenters. The van der Waals surface area contributed by atoms with Crippen LogP contribution >= 0.6 is 0 Å². The van der Waals surface area contributed by atoms with Crippen molar-refractivity contribution in [1.29, 1.82) is 0 Å². The van der Waals surface area contributed by atoms with Gasteiger partial charge in [0.05, 0.1) is 6.42 Å². The van der Waals surface area contributed by atoms with E-state index in [0.29, 0.717) is 5.56 Å². The zero-order valence-corrected chi connectivity index (χ0v) is 9.04. The van der Waals surface area contributed by atoms with E-state index in [1.54, 1.807) is 18.2 Å². The van der Waals surface area contributed by atoms with E-state index in [9.17, 15) is 13.2 Å². The summed E-state index contributed by atoms with van der Waals surface area (Å²) in [6.07, 6.45) is -5.23. The molecule has 0 aromatic heterocycles. The first-order valence-electron chi connectivity index (χ1n) is 5.27. The van der Waals surface area contributed by atoms with Gasteiger partial charge in [0.25, 0.3) is 0 Å². The summed E-state index contributed by atoms with van der Waals surface area (Å²) in [6, 6.07) is 11.7. The molecule has 0 bridgehead atoms. The Labute approximate surface area is 97.0 Å². The van der Waals surface area contributed by atoms with Gasteiger partial charge in [-0.1, -0.05) is 36.4 Å². The summed E-state index contributed by atoms with van der Waals surface area (Å²) in [4.78, 5) is 0. The molecule has 0 fully saturated rings. The number of fused-ring (bicyclic) bond motifs is 1. The van der Waals surface area contributed by atoms with Crippen LogP contribution in [-0.4, -0.2) is 6.18 Å². The minimum Gasteiger partial charge on any atom is -0.324 e. The van der Waals surface area contributed by atoms with Gasteiger partial charge >= 0.3 is 6.18 Å². The highest BCUT2D eigenvalue weighted by molar-refractivity contribution is 5.83. The topological polar surface area (TPSA) is 26.0 Å². The second kappa shape index (κ2) is 4.37. The maximum Gasteiger partial charge on any atom is 0.390 e. The van der Waals surface area contributed by atoms with E-state index >= 15 is 0 Å². The molecule has 2 aromatic rings. The lowest BCUT2D eigenvalue weighted by Gasteiger charge is -2.15. The number of rotatable bonds is 2. The van der Waals surface area contributed by atoms with Crippen LogP contribution in [-0.2, 0) is 0 Å². The minimum absolute atomic E-state index is 0.515. The molecular weight excluding hydrogens is 227 g/mol. The molecule has 1 unspecified atom stereocenters. The summed E-state index contributed by atoms with van der Waals surface area (Å²) in [5.41, 5.74) is 6.07. The lowest BCUT2D eigenvalue weighted by molar-refractivity contribution is -0.138.